The number of nitrogens with zero attached hydrogens (tertiary/aromatic N) is 2. The number of hydroxylamine groups is 1. The molecule has 0 N–H and O–H groups in total. The van der Waals surface area contributed by atoms with Gasteiger partial charge in [0.25, 0.3) is 5.91 Å². The van der Waals surface area contributed by atoms with Crippen molar-refractivity contribution in [3.05, 3.63) is 60.2 Å². The van der Waals surface area contributed by atoms with E-state index in [2.05, 4.69) is 6.92 Å². The Bertz CT molecular complexity index is 852. The summed E-state index contributed by atoms with van der Waals surface area (Å²) in [6.07, 6.45) is 2.07. The number of fused-ring (bicyclic) bond motifs is 1. The first kappa shape index (κ1) is 17.7. The zero-order valence-electron chi connectivity index (χ0n) is 15.7. The van der Waals surface area contributed by atoms with Crippen molar-refractivity contribution < 1.29 is 14.4 Å². The minimum Gasteiger partial charge on any atom is -0.273 e. The van der Waals surface area contributed by atoms with Gasteiger partial charge in [0.1, 0.15) is 0 Å². The molecule has 2 saturated heterocycles. The molecule has 3 atom stereocenters. The van der Waals surface area contributed by atoms with Gasteiger partial charge in [-0.05, 0) is 37.1 Å². The quantitative estimate of drug-likeness (QED) is 0.756. The van der Waals surface area contributed by atoms with Gasteiger partial charge in [-0.3, -0.25) is 14.4 Å². The summed E-state index contributed by atoms with van der Waals surface area (Å²) < 4.78 is 0. The van der Waals surface area contributed by atoms with Crippen LogP contribution in [0.25, 0.3) is 0 Å². The predicted molar refractivity (Wildman–Crippen MR) is 104 cm³/mol. The lowest BCUT2D eigenvalue weighted by molar-refractivity contribution is -0.126. The Kier molecular flexibility index (Phi) is 4.70. The van der Waals surface area contributed by atoms with Gasteiger partial charge in [-0.2, -0.15) is 0 Å². The van der Waals surface area contributed by atoms with Crippen molar-refractivity contribution in [1.29, 1.82) is 0 Å². The van der Waals surface area contributed by atoms with Gasteiger partial charge in [-0.15, -0.1) is 0 Å². The molecule has 2 aliphatic heterocycles. The normalized spacial score (nSPS) is 24.6. The molecule has 140 valence electrons. The van der Waals surface area contributed by atoms with Crippen molar-refractivity contribution in [3.8, 4) is 0 Å². The van der Waals surface area contributed by atoms with Gasteiger partial charge in [0.2, 0.25) is 5.91 Å². The third-order valence-electron chi connectivity index (χ3n) is 5.46. The Morgan fingerprint density at radius 2 is 1.67 bits per heavy atom. The van der Waals surface area contributed by atoms with Gasteiger partial charge in [0.05, 0.1) is 23.3 Å². The average molecular weight is 364 g/mol. The van der Waals surface area contributed by atoms with Crippen molar-refractivity contribution >= 4 is 23.2 Å². The highest BCUT2D eigenvalue weighted by molar-refractivity contribution is 6.24. The first-order valence-corrected chi connectivity index (χ1v) is 9.58. The summed E-state index contributed by atoms with van der Waals surface area (Å²) in [4.78, 5) is 33.8. The van der Waals surface area contributed by atoms with Crippen molar-refractivity contribution in [2.75, 3.05) is 9.96 Å². The smallest absolute Gasteiger partial charge is 0.266 e. The van der Waals surface area contributed by atoms with Crippen LogP contribution in [-0.2, 0) is 14.4 Å². The van der Waals surface area contributed by atoms with Crippen molar-refractivity contribution in [1.82, 2.24) is 0 Å². The van der Waals surface area contributed by atoms with E-state index >= 15 is 0 Å². The Labute approximate surface area is 159 Å². The van der Waals surface area contributed by atoms with E-state index in [1.807, 2.05) is 61.5 Å². The standard InChI is InChI=1S/C22H24N2O3/c1-3-4-13-18-19-20(27-24(18)16-11-6-5-7-12-16)22(26)23(21(19)25)17-14-9-8-10-15(17)2/h5-12,14,18-20H,3-4,13H2,1-2H3/t18-,19+,20-/m1/s1. The summed E-state index contributed by atoms with van der Waals surface area (Å²) in [7, 11) is 0. The van der Waals surface area contributed by atoms with Gasteiger partial charge in [0, 0.05) is 0 Å². The van der Waals surface area contributed by atoms with Crippen molar-refractivity contribution in [2.24, 2.45) is 5.92 Å². The molecule has 5 nitrogen and oxygen atoms in total. The van der Waals surface area contributed by atoms with Crippen LogP contribution in [0.4, 0.5) is 11.4 Å². The number of para-hydroxylation sites is 2. The van der Waals surface area contributed by atoms with Crippen molar-refractivity contribution in [2.45, 2.75) is 45.3 Å². The molecule has 4 rings (SSSR count). The van der Waals surface area contributed by atoms with Crippen LogP contribution in [0.2, 0.25) is 0 Å². The van der Waals surface area contributed by atoms with Crippen LogP contribution in [-0.4, -0.2) is 24.0 Å². The number of imide groups is 1. The largest absolute Gasteiger partial charge is 0.273 e. The van der Waals surface area contributed by atoms with E-state index in [0.29, 0.717) is 5.69 Å². The summed E-state index contributed by atoms with van der Waals surface area (Å²) in [5.41, 5.74) is 2.45. The Balaban J connectivity index is 1.69. The van der Waals surface area contributed by atoms with E-state index in [0.717, 1.165) is 30.5 Å². The second kappa shape index (κ2) is 7.16. The molecular weight excluding hydrogens is 340 g/mol. The van der Waals surface area contributed by atoms with Gasteiger partial charge in [-0.1, -0.05) is 56.2 Å². The molecule has 0 unspecified atom stereocenters. The molecule has 0 aromatic heterocycles. The van der Waals surface area contributed by atoms with Crippen LogP contribution in [0.1, 0.15) is 31.7 Å². The monoisotopic (exact) mass is 364 g/mol. The third kappa shape index (κ3) is 2.92. The van der Waals surface area contributed by atoms with Gasteiger partial charge in [0.15, 0.2) is 6.10 Å². The Morgan fingerprint density at radius 1 is 0.963 bits per heavy atom. The molecule has 2 aliphatic rings. The van der Waals surface area contributed by atoms with Crippen LogP contribution in [0.5, 0.6) is 0 Å². The van der Waals surface area contributed by atoms with E-state index < -0.39 is 12.0 Å². The molecule has 2 amide bonds. The summed E-state index contributed by atoms with van der Waals surface area (Å²) in [6.45, 7) is 4.04. The van der Waals surface area contributed by atoms with Crippen LogP contribution in [0.15, 0.2) is 54.6 Å². The molecule has 5 heteroatoms. The van der Waals surface area contributed by atoms with Crippen molar-refractivity contribution in [3.63, 3.8) is 0 Å². The highest BCUT2D eigenvalue weighted by Gasteiger charge is 2.59. The molecule has 0 saturated carbocycles. The lowest BCUT2D eigenvalue weighted by atomic mass is 9.92. The molecular formula is C22H24N2O3. The maximum absolute atomic E-state index is 13.3. The number of unbranched alkanes of at least 4 members (excludes halogenated alkanes) is 1. The number of aryl methyl sites for hydroxylation is 1. The lowest BCUT2D eigenvalue weighted by Crippen LogP contribution is -2.40. The molecule has 2 fully saturated rings. The van der Waals surface area contributed by atoms with Crippen LogP contribution >= 0.6 is 0 Å². The third-order valence-corrected chi connectivity index (χ3v) is 5.46. The number of anilines is 2. The fourth-order valence-corrected chi connectivity index (χ4v) is 4.08. The van der Waals surface area contributed by atoms with Gasteiger partial charge < -0.3 is 0 Å². The molecule has 2 aromatic rings. The zero-order chi connectivity index (χ0) is 19.0. The van der Waals surface area contributed by atoms with E-state index in [9.17, 15) is 9.59 Å². The number of carbonyl (C=O) groups is 2. The van der Waals surface area contributed by atoms with Crippen LogP contribution in [0, 0.1) is 12.8 Å². The highest BCUT2D eigenvalue weighted by Crippen LogP contribution is 2.42. The van der Waals surface area contributed by atoms with E-state index in [1.165, 1.54) is 4.90 Å². The summed E-state index contributed by atoms with van der Waals surface area (Å²) in [5.74, 6) is -0.887. The fourth-order valence-electron chi connectivity index (χ4n) is 4.08. The average Bonchev–Trinajstić information content (AvgIpc) is 3.18. The first-order chi connectivity index (χ1) is 13.1. The van der Waals surface area contributed by atoms with E-state index in [1.54, 1.807) is 5.06 Å². The molecule has 0 spiro atoms. The first-order valence-electron chi connectivity index (χ1n) is 9.58. The van der Waals surface area contributed by atoms with E-state index in [-0.39, 0.29) is 17.9 Å². The number of carbonyl (C=O) groups excluding carboxylic acids is 2. The molecule has 0 radical (unpaired) electrons. The second-order valence-corrected chi connectivity index (χ2v) is 7.22. The fraction of sp³-hybridized carbons (Fsp3) is 0.364. The number of benzene rings is 2. The minimum atomic E-state index is -0.751. The SMILES string of the molecule is CCCC[C@@H]1[C@@H]2C(=O)N(c3ccccc3C)C(=O)[C@@H]2ON1c1ccccc1. The molecule has 2 aromatic carbocycles. The summed E-state index contributed by atoms with van der Waals surface area (Å²) in [5, 5.41) is 1.79. The van der Waals surface area contributed by atoms with Gasteiger partial charge >= 0.3 is 0 Å². The zero-order valence-corrected chi connectivity index (χ0v) is 15.7. The molecule has 0 bridgehead atoms. The van der Waals surface area contributed by atoms with E-state index in [4.69, 9.17) is 4.84 Å². The number of rotatable bonds is 5. The maximum Gasteiger partial charge on any atom is 0.266 e. The minimum absolute atomic E-state index is 0.136. The Hall–Kier alpha value is -2.66. The maximum atomic E-state index is 13.3. The van der Waals surface area contributed by atoms with Crippen LogP contribution < -0.4 is 9.96 Å². The number of hydrogen-bond acceptors (Lipinski definition) is 4. The highest BCUT2D eigenvalue weighted by atomic mass is 16.7. The Morgan fingerprint density at radius 3 is 2.37 bits per heavy atom. The van der Waals surface area contributed by atoms with Crippen LogP contribution in [0.3, 0.4) is 0 Å². The number of hydrogen-bond donors (Lipinski definition) is 0. The molecule has 0 aliphatic carbocycles. The van der Waals surface area contributed by atoms with Gasteiger partial charge in [-0.25, -0.2) is 9.96 Å². The second-order valence-electron chi connectivity index (χ2n) is 7.22. The lowest BCUT2D eigenvalue weighted by Gasteiger charge is -2.28. The molecule has 2 heterocycles. The number of amides is 2. The molecule has 27 heavy (non-hydrogen) atoms. The topological polar surface area (TPSA) is 49.9 Å². The predicted octanol–water partition coefficient (Wildman–Crippen LogP) is 3.86. The summed E-state index contributed by atoms with van der Waals surface area (Å²) in [6, 6.07) is 17.1. The summed E-state index contributed by atoms with van der Waals surface area (Å²) >= 11 is 0.